The van der Waals surface area contributed by atoms with E-state index in [9.17, 15) is 9.59 Å². The molecule has 0 aromatic heterocycles. The molecular weight excluding hydrogens is 472 g/mol. The van der Waals surface area contributed by atoms with Crippen LogP contribution in [0.2, 0.25) is 0 Å². The lowest BCUT2D eigenvalue weighted by Crippen LogP contribution is -1.93. The lowest BCUT2D eigenvalue weighted by Gasteiger charge is -2.01. The second-order valence-electron chi connectivity index (χ2n) is 11.1. The maximum absolute atomic E-state index is 10.4. The van der Waals surface area contributed by atoms with Crippen molar-refractivity contribution >= 4 is 11.9 Å². The van der Waals surface area contributed by atoms with Gasteiger partial charge in [-0.15, -0.1) is 0 Å². The molecule has 0 saturated heterocycles. The Morgan fingerprint density at radius 3 is 0.895 bits per heavy atom. The Balaban J connectivity index is 0. The summed E-state index contributed by atoms with van der Waals surface area (Å²) in [7, 11) is 0. The van der Waals surface area contributed by atoms with Crippen LogP contribution in [0.1, 0.15) is 194 Å². The minimum atomic E-state index is -0.659. The van der Waals surface area contributed by atoms with Crippen LogP contribution in [-0.2, 0) is 9.59 Å². The molecule has 0 rings (SSSR count). The highest BCUT2D eigenvalue weighted by molar-refractivity contribution is 5.66. The molecule has 0 amide bonds. The number of hydrogen-bond donors (Lipinski definition) is 2. The summed E-state index contributed by atoms with van der Waals surface area (Å²) in [6.07, 6.45) is 38.6. The topological polar surface area (TPSA) is 74.6 Å². The zero-order chi connectivity index (χ0) is 28.4. The third-order valence-corrected chi connectivity index (χ3v) is 7.15. The molecule has 0 aromatic rings. The van der Waals surface area contributed by atoms with Gasteiger partial charge >= 0.3 is 11.9 Å². The standard InChI is InChI=1S/C22H42O2.C12H24O2/c1-2-3-4-5-6-7-8-9-10-11-12-13-14-15-16-17-18-19-20-21-22(23)24;1-2-3-4-5-6-7-8-9-10-11-12(13)14/h9-10H,2-8,11-21H2,1H3,(H,23,24);2-11H2,1H3,(H,13,14)/b10-9+;. The highest BCUT2D eigenvalue weighted by Gasteiger charge is 1.97. The lowest BCUT2D eigenvalue weighted by molar-refractivity contribution is -0.138. The predicted molar refractivity (Wildman–Crippen MR) is 165 cm³/mol. The van der Waals surface area contributed by atoms with Gasteiger partial charge in [0.05, 0.1) is 0 Å². The second-order valence-corrected chi connectivity index (χ2v) is 11.1. The van der Waals surface area contributed by atoms with E-state index in [0.29, 0.717) is 12.8 Å². The minimum Gasteiger partial charge on any atom is -0.481 e. The molecule has 226 valence electrons. The van der Waals surface area contributed by atoms with E-state index in [4.69, 9.17) is 10.2 Å². The van der Waals surface area contributed by atoms with Crippen LogP contribution in [0.3, 0.4) is 0 Å². The van der Waals surface area contributed by atoms with Gasteiger partial charge in [-0.1, -0.05) is 154 Å². The van der Waals surface area contributed by atoms with E-state index in [2.05, 4.69) is 26.0 Å². The molecule has 4 nitrogen and oxygen atoms in total. The Bertz CT molecular complexity index is 501. The van der Waals surface area contributed by atoms with Gasteiger partial charge in [0, 0.05) is 12.8 Å². The summed E-state index contributed by atoms with van der Waals surface area (Å²) in [5.41, 5.74) is 0. The fourth-order valence-corrected chi connectivity index (χ4v) is 4.64. The van der Waals surface area contributed by atoms with Crippen molar-refractivity contribution in [1.82, 2.24) is 0 Å². The van der Waals surface area contributed by atoms with Gasteiger partial charge in [-0.25, -0.2) is 0 Å². The first-order chi connectivity index (χ1) is 18.5. The van der Waals surface area contributed by atoms with Crippen molar-refractivity contribution < 1.29 is 19.8 Å². The molecule has 0 spiro atoms. The molecule has 0 bridgehead atoms. The Labute approximate surface area is 237 Å². The van der Waals surface area contributed by atoms with Gasteiger partial charge in [-0.3, -0.25) is 9.59 Å². The van der Waals surface area contributed by atoms with Crippen molar-refractivity contribution in [1.29, 1.82) is 0 Å². The van der Waals surface area contributed by atoms with Gasteiger partial charge < -0.3 is 10.2 Å². The van der Waals surface area contributed by atoms with Crippen molar-refractivity contribution in [3.8, 4) is 0 Å². The van der Waals surface area contributed by atoms with Gasteiger partial charge in [0.15, 0.2) is 0 Å². The Morgan fingerprint density at radius 2 is 0.632 bits per heavy atom. The number of carboxylic acid groups (broad SMARTS) is 2. The number of carbonyl (C=O) groups is 2. The maximum Gasteiger partial charge on any atom is 0.303 e. The Kier molecular flexibility index (Phi) is 36.5. The van der Waals surface area contributed by atoms with Crippen LogP contribution in [-0.4, -0.2) is 22.2 Å². The molecule has 0 saturated carbocycles. The molecule has 0 aliphatic rings. The zero-order valence-electron chi connectivity index (χ0n) is 25.7. The van der Waals surface area contributed by atoms with Crippen molar-refractivity contribution in [3.05, 3.63) is 12.2 Å². The number of rotatable bonds is 29. The Hall–Kier alpha value is -1.32. The van der Waals surface area contributed by atoms with E-state index in [1.807, 2.05) is 0 Å². The van der Waals surface area contributed by atoms with Crippen LogP contribution < -0.4 is 0 Å². The summed E-state index contributed by atoms with van der Waals surface area (Å²) in [5.74, 6) is -1.32. The highest BCUT2D eigenvalue weighted by Crippen LogP contribution is 2.13. The van der Waals surface area contributed by atoms with E-state index < -0.39 is 11.9 Å². The average Bonchev–Trinajstić information content (AvgIpc) is 2.89. The molecule has 0 heterocycles. The van der Waals surface area contributed by atoms with Gasteiger partial charge in [0.2, 0.25) is 0 Å². The molecule has 38 heavy (non-hydrogen) atoms. The largest absolute Gasteiger partial charge is 0.481 e. The fourth-order valence-electron chi connectivity index (χ4n) is 4.64. The minimum absolute atomic E-state index is 0.340. The second kappa shape index (κ2) is 35.7. The maximum atomic E-state index is 10.4. The molecule has 0 radical (unpaired) electrons. The van der Waals surface area contributed by atoms with Crippen LogP contribution in [0.4, 0.5) is 0 Å². The van der Waals surface area contributed by atoms with E-state index in [0.717, 1.165) is 25.7 Å². The normalized spacial score (nSPS) is 11.0. The molecule has 0 fully saturated rings. The van der Waals surface area contributed by atoms with Gasteiger partial charge in [0.25, 0.3) is 0 Å². The Morgan fingerprint density at radius 1 is 0.395 bits per heavy atom. The molecule has 2 N–H and O–H groups in total. The summed E-state index contributed by atoms with van der Waals surface area (Å²) in [4.78, 5) is 20.6. The molecular formula is C34H66O4. The molecule has 0 unspecified atom stereocenters. The first-order valence-corrected chi connectivity index (χ1v) is 16.6. The third kappa shape index (κ3) is 41.8. The van der Waals surface area contributed by atoms with E-state index in [1.165, 1.54) is 141 Å². The number of allylic oxidation sites excluding steroid dienone is 2. The monoisotopic (exact) mass is 538 g/mol. The van der Waals surface area contributed by atoms with Gasteiger partial charge in [0.1, 0.15) is 0 Å². The third-order valence-electron chi connectivity index (χ3n) is 7.15. The molecule has 0 atom stereocenters. The van der Waals surface area contributed by atoms with E-state index >= 15 is 0 Å². The molecule has 0 aliphatic carbocycles. The number of carboxylic acids is 2. The number of hydrogen-bond acceptors (Lipinski definition) is 2. The quantitative estimate of drug-likeness (QED) is 0.0733. The summed E-state index contributed by atoms with van der Waals surface area (Å²) < 4.78 is 0. The SMILES string of the molecule is CCCCCCCC/C=C/CCCCCCCCCCCC(=O)O.CCCCCCCCCCCC(=O)O. The molecule has 0 aromatic carbocycles. The van der Waals surface area contributed by atoms with E-state index in [1.54, 1.807) is 0 Å². The van der Waals surface area contributed by atoms with Crippen molar-refractivity contribution in [2.75, 3.05) is 0 Å². The molecule has 0 aliphatic heterocycles. The summed E-state index contributed by atoms with van der Waals surface area (Å²) in [5, 5.41) is 17.0. The summed E-state index contributed by atoms with van der Waals surface area (Å²) in [6.45, 7) is 4.50. The van der Waals surface area contributed by atoms with Gasteiger partial charge in [-0.05, 0) is 38.5 Å². The van der Waals surface area contributed by atoms with Crippen molar-refractivity contribution in [2.24, 2.45) is 0 Å². The van der Waals surface area contributed by atoms with Crippen molar-refractivity contribution in [2.45, 2.75) is 194 Å². The zero-order valence-corrected chi connectivity index (χ0v) is 25.7. The summed E-state index contributed by atoms with van der Waals surface area (Å²) in [6, 6.07) is 0. The first kappa shape index (κ1) is 38.8. The first-order valence-electron chi connectivity index (χ1n) is 16.6. The molecule has 4 heteroatoms. The lowest BCUT2D eigenvalue weighted by atomic mass is 10.1. The van der Waals surface area contributed by atoms with Crippen LogP contribution in [0.25, 0.3) is 0 Å². The number of unbranched alkanes of at least 4 members (excludes halogenated alkanes) is 23. The summed E-state index contributed by atoms with van der Waals surface area (Å²) >= 11 is 0. The van der Waals surface area contributed by atoms with Crippen LogP contribution in [0.15, 0.2) is 12.2 Å². The average molecular weight is 539 g/mol. The fraction of sp³-hybridized carbons (Fsp3) is 0.882. The smallest absolute Gasteiger partial charge is 0.303 e. The van der Waals surface area contributed by atoms with Crippen LogP contribution >= 0.6 is 0 Å². The van der Waals surface area contributed by atoms with Crippen LogP contribution in [0, 0.1) is 0 Å². The number of aliphatic carboxylic acids is 2. The predicted octanol–water partition coefficient (Wildman–Crippen LogP) is 11.7. The van der Waals surface area contributed by atoms with E-state index in [-0.39, 0.29) is 0 Å². The van der Waals surface area contributed by atoms with Gasteiger partial charge in [-0.2, -0.15) is 0 Å². The van der Waals surface area contributed by atoms with Crippen LogP contribution in [0.5, 0.6) is 0 Å². The van der Waals surface area contributed by atoms with Crippen molar-refractivity contribution in [3.63, 3.8) is 0 Å². The highest BCUT2D eigenvalue weighted by atomic mass is 16.4.